The topological polar surface area (TPSA) is 116 Å². The molecule has 164 valence electrons. The predicted octanol–water partition coefficient (Wildman–Crippen LogP) is 1.64. The van der Waals surface area contributed by atoms with Gasteiger partial charge in [0.2, 0.25) is 5.95 Å². The first-order chi connectivity index (χ1) is 15.4. The molecule has 10 nitrogen and oxygen atoms in total. The minimum Gasteiger partial charge on any atom is -0.504 e. The highest BCUT2D eigenvalue weighted by atomic mass is 16.5. The lowest BCUT2D eigenvalue weighted by Crippen LogP contribution is -2.39. The Morgan fingerprint density at radius 1 is 1.12 bits per heavy atom. The Labute approximate surface area is 182 Å². The van der Waals surface area contributed by atoms with E-state index in [9.17, 15) is 14.7 Å². The molecular formula is C22H22N6O4. The minimum absolute atomic E-state index is 0.0284. The molecule has 0 amide bonds. The summed E-state index contributed by atoms with van der Waals surface area (Å²) in [7, 11) is 4.71. The molecule has 0 aliphatic rings. The lowest BCUT2D eigenvalue weighted by atomic mass is 10.2. The minimum atomic E-state index is -0.448. The van der Waals surface area contributed by atoms with Crippen LogP contribution >= 0.6 is 0 Å². The maximum atomic E-state index is 13.1. The van der Waals surface area contributed by atoms with E-state index < -0.39 is 11.2 Å². The molecule has 4 rings (SSSR count). The number of fused-ring (bicyclic) bond motifs is 1. The molecule has 0 fully saturated rings. The van der Waals surface area contributed by atoms with Crippen molar-refractivity contribution in [1.82, 2.24) is 18.7 Å². The molecule has 4 aromatic rings. The molecule has 2 aromatic heterocycles. The number of benzene rings is 2. The maximum absolute atomic E-state index is 13.1. The number of aryl methyl sites for hydroxylation is 2. The zero-order chi connectivity index (χ0) is 22.8. The number of aromatic hydroxyl groups is 1. The fourth-order valence-electron chi connectivity index (χ4n) is 3.39. The van der Waals surface area contributed by atoms with Gasteiger partial charge in [-0.25, -0.2) is 10.2 Å². The first-order valence-electron chi connectivity index (χ1n) is 9.77. The number of nitrogens with zero attached hydrogens (tertiary/aromatic N) is 5. The van der Waals surface area contributed by atoms with Gasteiger partial charge in [0.25, 0.3) is 5.56 Å². The highest BCUT2D eigenvalue weighted by Crippen LogP contribution is 2.25. The Morgan fingerprint density at radius 3 is 2.59 bits per heavy atom. The van der Waals surface area contributed by atoms with Gasteiger partial charge >= 0.3 is 5.69 Å². The summed E-state index contributed by atoms with van der Waals surface area (Å²) in [5.41, 5.74) is 4.00. The van der Waals surface area contributed by atoms with E-state index >= 15 is 0 Å². The fraction of sp³-hybridized carbons (Fsp3) is 0.182. The van der Waals surface area contributed by atoms with Gasteiger partial charge < -0.3 is 14.4 Å². The van der Waals surface area contributed by atoms with Gasteiger partial charge in [-0.3, -0.25) is 13.9 Å². The third-order valence-corrected chi connectivity index (χ3v) is 5.13. The quantitative estimate of drug-likeness (QED) is 0.352. The van der Waals surface area contributed by atoms with E-state index in [4.69, 9.17) is 4.74 Å². The van der Waals surface area contributed by atoms with E-state index in [1.54, 1.807) is 30.8 Å². The van der Waals surface area contributed by atoms with Crippen molar-refractivity contribution >= 4 is 23.3 Å². The summed E-state index contributed by atoms with van der Waals surface area (Å²) in [6.07, 6.45) is 1.52. The number of phenolic OH excluding ortho intramolecular Hbond substituents is 1. The standard InChI is InChI=1S/C22H22N6O4/c1-26-18-19(24-21(26)25-23-12-15-9-10-16(29)17(11-15)32-3)27(2)22(31)28(20(18)30)13-14-7-5-4-6-8-14/h4-12,29H,13H2,1-3H3,(H,24,25)/b23-12+. The number of hydrogen-bond acceptors (Lipinski definition) is 7. The lowest BCUT2D eigenvalue weighted by molar-refractivity contribution is 0.373. The molecule has 0 saturated carbocycles. The molecule has 0 aliphatic heterocycles. The molecule has 0 saturated heterocycles. The molecule has 0 aliphatic carbocycles. The summed E-state index contributed by atoms with van der Waals surface area (Å²) in [4.78, 5) is 30.3. The van der Waals surface area contributed by atoms with Crippen LogP contribution in [-0.2, 0) is 20.6 Å². The molecule has 32 heavy (non-hydrogen) atoms. The lowest BCUT2D eigenvalue weighted by Gasteiger charge is -2.08. The number of ether oxygens (including phenoxy) is 1. The van der Waals surface area contributed by atoms with Gasteiger partial charge in [-0.1, -0.05) is 30.3 Å². The molecule has 0 spiro atoms. The van der Waals surface area contributed by atoms with Crippen LogP contribution in [0, 0.1) is 0 Å². The van der Waals surface area contributed by atoms with Crippen molar-refractivity contribution in [3.8, 4) is 11.5 Å². The second-order valence-corrected chi connectivity index (χ2v) is 7.19. The van der Waals surface area contributed by atoms with Crippen LogP contribution in [0.5, 0.6) is 11.5 Å². The molecule has 10 heteroatoms. The van der Waals surface area contributed by atoms with Crippen LogP contribution < -0.4 is 21.4 Å². The van der Waals surface area contributed by atoms with E-state index in [1.807, 2.05) is 30.3 Å². The van der Waals surface area contributed by atoms with E-state index in [2.05, 4.69) is 15.5 Å². The van der Waals surface area contributed by atoms with Crippen molar-refractivity contribution in [3.05, 3.63) is 80.5 Å². The van der Waals surface area contributed by atoms with Crippen molar-refractivity contribution in [2.45, 2.75) is 6.54 Å². The van der Waals surface area contributed by atoms with Crippen LogP contribution in [0.4, 0.5) is 5.95 Å². The summed E-state index contributed by atoms with van der Waals surface area (Å²) in [6.45, 7) is 0.164. The zero-order valence-corrected chi connectivity index (χ0v) is 17.8. The Kier molecular flexibility index (Phi) is 5.50. The number of hydrazone groups is 1. The summed E-state index contributed by atoms with van der Waals surface area (Å²) in [6, 6.07) is 14.1. The molecular weight excluding hydrogens is 412 g/mol. The van der Waals surface area contributed by atoms with Crippen molar-refractivity contribution in [2.75, 3.05) is 12.5 Å². The average Bonchev–Trinajstić information content (AvgIpc) is 3.13. The Bertz CT molecular complexity index is 1430. The number of nitrogens with one attached hydrogen (secondary N) is 1. The van der Waals surface area contributed by atoms with Crippen molar-refractivity contribution in [2.24, 2.45) is 19.2 Å². The van der Waals surface area contributed by atoms with Crippen LogP contribution in [0.3, 0.4) is 0 Å². The normalized spacial score (nSPS) is 11.3. The number of imidazole rings is 1. The van der Waals surface area contributed by atoms with Crippen LogP contribution in [0.2, 0.25) is 0 Å². The van der Waals surface area contributed by atoms with Crippen LogP contribution in [0.15, 0.2) is 63.2 Å². The molecule has 2 N–H and O–H groups in total. The second-order valence-electron chi connectivity index (χ2n) is 7.19. The van der Waals surface area contributed by atoms with Gasteiger partial charge in [0, 0.05) is 14.1 Å². The van der Waals surface area contributed by atoms with Gasteiger partial charge in [-0.2, -0.15) is 10.1 Å². The van der Waals surface area contributed by atoms with Crippen LogP contribution in [0.25, 0.3) is 11.2 Å². The van der Waals surface area contributed by atoms with E-state index in [0.29, 0.717) is 17.3 Å². The first kappa shape index (κ1) is 20.9. The van der Waals surface area contributed by atoms with Gasteiger partial charge in [-0.05, 0) is 29.3 Å². The molecule has 2 aromatic carbocycles. The highest BCUT2D eigenvalue weighted by Gasteiger charge is 2.18. The summed E-state index contributed by atoms with van der Waals surface area (Å²) in [5, 5.41) is 13.8. The second kappa shape index (κ2) is 8.42. The number of aromatic nitrogens is 4. The van der Waals surface area contributed by atoms with E-state index in [-0.39, 0.29) is 23.5 Å². The first-order valence-corrected chi connectivity index (χ1v) is 9.77. The highest BCUT2D eigenvalue weighted by molar-refractivity contribution is 5.81. The fourth-order valence-corrected chi connectivity index (χ4v) is 3.39. The zero-order valence-electron chi connectivity index (χ0n) is 17.8. The third-order valence-electron chi connectivity index (χ3n) is 5.13. The predicted molar refractivity (Wildman–Crippen MR) is 122 cm³/mol. The van der Waals surface area contributed by atoms with Gasteiger partial charge in [-0.15, -0.1) is 0 Å². The van der Waals surface area contributed by atoms with Gasteiger partial charge in [0.15, 0.2) is 22.7 Å². The smallest absolute Gasteiger partial charge is 0.332 e. The monoisotopic (exact) mass is 434 g/mol. The maximum Gasteiger partial charge on any atom is 0.332 e. The van der Waals surface area contributed by atoms with E-state index in [1.165, 1.54) is 28.5 Å². The number of hydrogen-bond donors (Lipinski definition) is 2. The molecule has 0 unspecified atom stereocenters. The average molecular weight is 434 g/mol. The van der Waals surface area contributed by atoms with Crippen LogP contribution in [-0.4, -0.2) is 37.1 Å². The van der Waals surface area contributed by atoms with Crippen LogP contribution in [0.1, 0.15) is 11.1 Å². The molecule has 0 radical (unpaired) electrons. The summed E-state index contributed by atoms with van der Waals surface area (Å²) in [5.74, 6) is 0.651. The molecule has 0 bridgehead atoms. The van der Waals surface area contributed by atoms with Crippen molar-refractivity contribution in [1.29, 1.82) is 0 Å². The Morgan fingerprint density at radius 2 is 1.88 bits per heavy atom. The SMILES string of the molecule is COc1cc(/C=N/Nc2nc3c(c(=O)n(Cc4ccccc4)c(=O)n3C)n2C)ccc1O. The number of anilines is 1. The third kappa shape index (κ3) is 3.73. The Balaban J connectivity index is 1.69. The molecule has 0 atom stereocenters. The summed E-state index contributed by atoms with van der Waals surface area (Å²) >= 11 is 0. The largest absolute Gasteiger partial charge is 0.504 e. The van der Waals surface area contributed by atoms with E-state index in [0.717, 1.165) is 5.56 Å². The van der Waals surface area contributed by atoms with Gasteiger partial charge in [0.05, 0.1) is 19.9 Å². The number of phenols is 1. The van der Waals surface area contributed by atoms with Crippen molar-refractivity contribution in [3.63, 3.8) is 0 Å². The number of methoxy groups -OCH3 is 1. The van der Waals surface area contributed by atoms with Gasteiger partial charge in [0.1, 0.15) is 0 Å². The molecule has 2 heterocycles. The summed E-state index contributed by atoms with van der Waals surface area (Å²) < 4.78 is 9.18. The van der Waals surface area contributed by atoms with Crippen molar-refractivity contribution < 1.29 is 9.84 Å². The number of rotatable bonds is 6. The Hall–Kier alpha value is -4.34.